The zero-order chi connectivity index (χ0) is 20.4. The van der Waals surface area contributed by atoms with Gasteiger partial charge in [-0.1, -0.05) is 41.4 Å². The van der Waals surface area contributed by atoms with E-state index in [2.05, 4.69) is 9.47 Å². The number of benzene rings is 2. The van der Waals surface area contributed by atoms with E-state index in [1.165, 1.54) is 0 Å². The molecular formula is C17H18Cl2N2O5S. The van der Waals surface area contributed by atoms with Crippen LogP contribution < -0.4 is 11.5 Å². The summed E-state index contributed by atoms with van der Waals surface area (Å²) in [5.41, 5.74) is 11.1. The molecule has 0 fully saturated rings. The molecule has 146 valence electrons. The summed E-state index contributed by atoms with van der Waals surface area (Å²) < 4.78 is 20.2. The van der Waals surface area contributed by atoms with Gasteiger partial charge in [0.15, 0.2) is 4.90 Å². The molecule has 0 bridgehead atoms. The molecule has 0 spiro atoms. The molecule has 0 saturated heterocycles. The molecule has 7 nitrogen and oxygen atoms in total. The number of hydrogen-bond donors (Lipinski definition) is 2. The fourth-order valence-corrected chi connectivity index (χ4v) is 2.70. The Labute approximate surface area is 169 Å². The number of rotatable bonds is 5. The van der Waals surface area contributed by atoms with Crippen molar-refractivity contribution in [3.05, 3.63) is 63.6 Å². The van der Waals surface area contributed by atoms with Crippen LogP contribution in [0, 0.1) is 0 Å². The van der Waals surface area contributed by atoms with Crippen molar-refractivity contribution in [2.24, 2.45) is 11.5 Å². The third-order valence-corrected chi connectivity index (χ3v) is 4.54. The predicted molar refractivity (Wildman–Crippen MR) is 104 cm³/mol. The molecule has 2 aromatic rings. The van der Waals surface area contributed by atoms with E-state index in [-0.39, 0.29) is 13.2 Å². The lowest BCUT2D eigenvalue weighted by Gasteiger charge is -2.05. The number of hydrogen-bond acceptors (Lipinski definition) is 5. The Morgan fingerprint density at radius 1 is 1.00 bits per heavy atom. The van der Waals surface area contributed by atoms with E-state index in [1.54, 1.807) is 48.7 Å². The number of nitrogens with two attached hydrogens (primary N) is 2. The maximum Gasteiger partial charge on any atom is 0.404 e. The first-order chi connectivity index (χ1) is 12.7. The second-order valence-electron chi connectivity index (χ2n) is 5.05. The third kappa shape index (κ3) is 9.39. The highest BCUT2D eigenvalue weighted by Crippen LogP contribution is 2.21. The molecule has 1 atom stereocenters. The topological polar surface area (TPSA) is 128 Å². The molecule has 0 aliphatic rings. The Balaban J connectivity index is 0.000000271. The zero-order valence-corrected chi connectivity index (χ0v) is 16.6. The van der Waals surface area contributed by atoms with Gasteiger partial charge in [0, 0.05) is 15.6 Å². The van der Waals surface area contributed by atoms with Crippen LogP contribution in [0.5, 0.6) is 0 Å². The first-order valence-corrected chi connectivity index (χ1v) is 9.71. The summed E-state index contributed by atoms with van der Waals surface area (Å²) in [6.07, 6.45) is -0.0197. The van der Waals surface area contributed by atoms with E-state index in [4.69, 9.17) is 34.7 Å². The monoisotopic (exact) mass is 432 g/mol. The number of halogens is 2. The van der Waals surface area contributed by atoms with Gasteiger partial charge in [0.25, 0.3) is 0 Å². The van der Waals surface area contributed by atoms with Gasteiger partial charge in [-0.2, -0.15) is 0 Å². The van der Waals surface area contributed by atoms with Crippen molar-refractivity contribution in [1.29, 1.82) is 0 Å². The maximum absolute atomic E-state index is 11.0. The van der Waals surface area contributed by atoms with Crippen LogP contribution in [-0.4, -0.2) is 23.0 Å². The molecule has 2 rings (SSSR count). The van der Waals surface area contributed by atoms with Crippen molar-refractivity contribution in [2.75, 3.05) is 6.26 Å². The van der Waals surface area contributed by atoms with Gasteiger partial charge < -0.3 is 25.5 Å². The summed E-state index contributed by atoms with van der Waals surface area (Å²) in [6, 6.07) is 11.9. The molecule has 0 aliphatic heterocycles. The molecule has 27 heavy (non-hydrogen) atoms. The Morgan fingerprint density at radius 2 is 1.56 bits per heavy atom. The molecule has 10 heteroatoms. The van der Waals surface area contributed by atoms with Crippen LogP contribution in [0.25, 0.3) is 0 Å². The minimum absolute atomic E-state index is 0.0608. The maximum atomic E-state index is 11.0. The number of carbonyl (C=O) groups excluding carboxylic acids is 2. The van der Waals surface area contributed by atoms with Crippen LogP contribution >= 0.6 is 23.2 Å². The van der Waals surface area contributed by atoms with Crippen LogP contribution in [0.1, 0.15) is 11.1 Å². The van der Waals surface area contributed by atoms with Crippen LogP contribution in [0.15, 0.2) is 47.4 Å². The highest BCUT2D eigenvalue weighted by molar-refractivity contribution is 7.90. The lowest BCUT2D eigenvalue weighted by atomic mass is 10.2. The van der Waals surface area contributed by atoms with E-state index in [1.807, 2.05) is 0 Å². The van der Waals surface area contributed by atoms with Gasteiger partial charge >= 0.3 is 12.2 Å². The summed E-state index contributed by atoms with van der Waals surface area (Å²) in [5, 5.41) is 0.988. The molecule has 2 amide bonds. The Kier molecular flexibility index (Phi) is 9.81. The van der Waals surface area contributed by atoms with E-state index in [0.717, 1.165) is 10.5 Å². The van der Waals surface area contributed by atoms with Crippen molar-refractivity contribution in [1.82, 2.24) is 0 Å². The van der Waals surface area contributed by atoms with Gasteiger partial charge in [-0.3, -0.25) is 0 Å². The van der Waals surface area contributed by atoms with Crippen LogP contribution in [-0.2, 0) is 33.9 Å². The normalized spacial score (nSPS) is 11.0. The SMILES string of the molecule is C[S+]([O-])c1ccc(COC(N)=O)cc1.NC(=O)OCc1ccc(Cl)cc1Cl. The molecule has 0 radical (unpaired) electrons. The van der Waals surface area contributed by atoms with Crippen molar-refractivity contribution in [3.63, 3.8) is 0 Å². The molecule has 0 saturated carbocycles. The van der Waals surface area contributed by atoms with Crippen LogP contribution in [0.3, 0.4) is 0 Å². The second kappa shape index (κ2) is 11.6. The molecule has 4 N–H and O–H groups in total. The van der Waals surface area contributed by atoms with E-state index in [9.17, 15) is 14.1 Å². The molecule has 0 aliphatic carbocycles. The van der Waals surface area contributed by atoms with Crippen LogP contribution in [0.4, 0.5) is 9.59 Å². The number of carbonyl (C=O) groups is 2. The first-order valence-electron chi connectivity index (χ1n) is 7.39. The Morgan fingerprint density at radius 3 is 2.04 bits per heavy atom. The fourth-order valence-electron chi connectivity index (χ4n) is 1.72. The van der Waals surface area contributed by atoms with Gasteiger partial charge in [0.05, 0.1) is 0 Å². The molecule has 2 aromatic carbocycles. The van der Waals surface area contributed by atoms with Gasteiger partial charge in [0.2, 0.25) is 0 Å². The fraction of sp³-hybridized carbons (Fsp3) is 0.176. The van der Waals surface area contributed by atoms with E-state index in [0.29, 0.717) is 15.6 Å². The van der Waals surface area contributed by atoms with E-state index < -0.39 is 23.4 Å². The largest absolute Gasteiger partial charge is 0.612 e. The Bertz CT molecular complexity index is 772. The van der Waals surface area contributed by atoms with E-state index >= 15 is 0 Å². The van der Waals surface area contributed by atoms with Crippen LogP contribution in [0.2, 0.25) is 10.0 Å². The van der Waals surface area contributed by atoms with Gasteiger partial charge in [-0.25, -0.2) is 9.59 Å². The quantitative estimate of drug-likeness (QED) is 0.697. The molecule has 0 heterocycles. The second-order valence-corrected chi connectivity index (χ2v) is 7.27. The highest BCUT2D eigenvalue weighted by Gasteiger charge is 2.04. The predicted octanol–water partition coefficient (Wildman–Crippen LogP) is 3.61. The number of ether oxygens (including phenoxy) is 2. The minimum atomic E-state index is -0.982. The number of amides is 2. The lowest BCUT2D eigenvalue weighted by Crippen LogP contribution is -2.12. The smallest absolute Gasteiger partial charge is 0.404 e. The summed E-state index contributed by atoms with van der Waals surface area (Å²) in [5.74, 6) is 0. The van der Waals surface area contributed by atoms with Gasteiger partial charge in [-0.05, 0) is 41.0 Å². The van der Waals surface area contributed by atoms with Crippen molar-refractivity contribution in [3.8, 4) is 0 Å². The zero-order valence-electron chi connectivity index (χ0n) is 14.3. The summed E-state index contributed by atoms with van der Waals surface area (Å²) in [4.78, 5) is 21.3. The molecule has 0 aromatic heterocycles. The average molecular weight is 433 g/mol. The minimum Gasteiger partial charge on any atom is -0.612 e. The van der Waals surface area contributed by atoms with Crippen molar-refractivity contribution in [2.45, 2.75) is 18.1 Å². The molecular weight excluding hydrogens is 415 g/mol. The molecule has 1 unspecified atom stereocenters. The third-order valence-electron chi connectivity index (χ3n) is 3.02. The standard InChI is InChI=1S/C9H11NO3S.C8H7Cl2NO2/c1-14(12)8-4-2-7(3-5-8)6-13-9(10)11;9-6-2-1-5(7(10)3-6)4-13-8(11)12/h2-5H,6H2,1H3,(H2,10,11);1-3H,4H2,(H2,11,12). The summed E-state index contributed by atoms with van der Waals surface area (Å²) >= 11 is 10.5. The lowest BCUT2D eigenvalue weighted by molar-refractivity contribution is 0.149. The van der Waals surface area contributed by atoms with Gasteiger partial charge in [0.1, 0.15) is 19.5 Å². The average Bonchev–Trinajstić information content (AvgIpc) is 2.60. The Hall–Kier alpha value is -2.13. The van der Waals surface area contributed by atoms with Crippen molar-refractivity contribution >= 4 is 46.6 Å². The van der Waals surface area contributed by atoms with Gasteiger partial charge in [-0.15, -0.1) is 0 Å². The highest BCUT2D eigenvalue weighted by atomic mass is 35.5. The number of primary amides is 2. The first kappa shape index (κ1) is 22.9. The summed E-state index contributed by atoms with van der Waals surface area (Å²) in [6.45, 7) is 0.206. The summed E-state index contributed by atoms with van der Waals surface area (Å²) in [7, 11) is 0. The van der Waals surface area contributed by atoms with Crippen molar-refractivity contribution < 1.29 is 23.6 Å².